The molecule has 0 aliphatic carbocycles. The van der Waals surface area contributed by atoms with Crippen LogP contribution in [0.4, 0.5) is 10.5 Å². The highest BCUT2D eigenvalue weighted by Gasteiger charge is 2.32. The fourth-order valence-corrected chi connectivity index (χ4v) is 5.96. The number of amides is 3. The highest BCUT2D eigenvalue weighted by Crippen LogP contribution is 2.30. The van der Waals surface area contributed by atoms with Gasteiger partial charge in [0.2, 0.25) is 5.91 Å². The molecule has 41 heavy (non-hydrogen) atoms. The van der Waals surface area contributed by atoms with Gasteiger partial charge in [0.05, 0.1) is 0 Å². The van der Waals surface area contributed by atoms with Crippen LogP contribution in [0.25, 0.3) is 10.9 Å². The molecule has 0 saturated carbocycles. The van der Waals surface area contributed by atoms with Gasteiger partial charge in [-0.15, -0.1) is 0 Å². The molecule has 2 atom stereocenters. The summed E-state index contributed by atoms with van der Waals surface area (Å²) in [5, 5.41) is 7.27. The van der Waals surface area contributed by atoms with Crippen molar-refractivity contribution >= 4 is 28.5 Å². The second-order valence-electron chi connectivity index (χ2n) is 11.6. The van der Waals surface area contributed by atoms with E-state index in [0.717, 1.165) is 47.1 Å². The quantitative estimate of drug-likeness (QED) is 0.243. The van der Waals surface area contributed by atoms with E-state index in [2.05, 4.69) is 57.8 Å². The first-order valence-electron chi connectivity index (χ1n) is 14.5. The third-order valence-corrected chi connectivity index (χ3v) is 8.16. The highest BCUT2D eigenvalue weighted by molar-refractivity contribution is 5.98. The summed E-state index contributed by atoms with van der Waals surface area (Å²) in [6.45, 7) is 6.21. The van der Waals surface area contributed by atoms with E-state index in [-0.39, 0.29) is 17.9 Å². The van der Waals surface area contributed by atoms with Gasteiger partial charge in [-0.2, -0.15) is 0 Å². The van der Waals surface area contributed by atoms with Gasteiger partial charge in [-0.1, -0.05) is 67.1 Å². The molecule has 0 bridgehead atoms. The lowest BCUT2D eigenvalue weighted by Crippen LogP contribution is -2.53. The summed E-state index contributed by atoms with van der Waals surface area (Å²) in [6.07, 6.45) is 3.77. The Labute approximate surface area is 242 Å². The van der Waals surface area contributed by atoms with E-state index in [1.807, 2.05) is 74.6 Å². The average molecular weight is 552 g/mol. The van der Waals surface area contributed by atoms with Gasteiger partial charge in [-0.25, -0.2) is 4.79 Å². The normalized spacial score (nSPS) is 15.6. The first-order chi connectivity index (χ1) is 19.8. The smallest absolute Gasteiger partial charge is 0.318 e. The van der Waals surface area contributed by atoms with Crippen LogP contribution in [-0.2, 0) is 11.3 Å². The van der Waals surface area contributed by atoms with Crippen LogP contribution >= 0.6 is 0 Å². The molecule has 3 amide bonds. The van der Waals surface area contributed by atoms with Crippen LogP contribution in [0.15, 0.2) is 79.0 Å². The molecule has 1 aliphatic rings. The molecule has 214 valence electrons. The predicted octanol–water partition coefficient (Wildman–Crippen LogP) is 6.24. The zero-order valence-corrected chi connectivity index (χ0v) is 24.5. The lowest BCUT2D eigenvalue weighted by molar-refractivity contribution is -0.118. The number of urea groups is 1. The van der Waals surface area contributed by atoms with Gasteiger partial charge in [0.25, 0.3) is 0 Å². The number of H-pyrrole nitrogens is 1. The minimum Gasteiger partial charge on any atom is -0.361 e. The Kier molecular flexibility index (Phi) is 8.74. The van der Waals surface area contributed by atoms with E-state index >= 15 is 0 Å². The number of carbonyl (C=O) groups excluding carboxylic acids is 2. The van der Waals surface area contributed by atoms with Crippen LogP contribution in [0.1, 0.15) is 53.9 Å². The van der Waals surface area contributed by atoms with Crippen molar-refractivity contribution in [2.24, 2.45) is 0 Å². The Balaban J connectivity index is 1.33. The molecule has 1 saturated heterocycles. The monoisotopic (exact) mass is 551 g/mol. The van der Waals surface area contributed by atoms with Crippen molar-refractivity contribution in [2.45, 2.75) is 51.1 Å². The molecule has 0 unspecified atom stereocenters. The third-order valence-electron chi connectivity index (χ3n) is 8.16. The first kappa shape index (κ1) is 28.4. The first-order valence-corrected chi connectivity index (χ1v) is 14.5. The van der Waals surface area contributed by atoms with Crippen LogP contribution in [-0.4, -0.2) is 59.9 Å². The maximum absolute atomic E-state index is 13.8. The van der Waals surface area contributed by atoms with Crippen molar-refractivity contribution in [2.75, 3.05) is 32.5 Å². The van der Waals surface area contributed by atoms with E-state index in [1.54, 1.807) is 0 Å². The Morgan fingerprint density at radius 1 is 1.00 bits per heavy atom. The number of rotatable bonds is 8. The number of nitrogens with one attached hydrogen (secondary N) is 3. The van der Waals surface area contributed by atoms with Gasteiger partial charge in [0.15, 0.2) is 0 Å². The van der Waals surface area contributed by atoms with E-state index in [4.69, 9.17) is 0 Å². The number of hydrogen-bond donors (Lipinski definition) is 3. The highest BCUT2D eigenvalue weighted by atomic mass is 16.2. The maximum atomic E-state index is 13.8. The number of hydrogen-bond acceptors (Lipinski definition) is 3. The Bertz CT molecular complexity index is 1500. The standard InChI is InChI=1S/C34H41N5O2/c1-23-9-7-11-27(19-23)26-15-17-39(18-16-26)34(41)37-32(24(2)30-21-35-31-14-6-5-13-29(30)31)33(40)36-28-12-8-10-25(20-28)22-38(3)4/h5-14,19-21,24,26,32,35H,15-18,22H2,1-4H3,(H,36,40)(H,37,41)/t24-,32-/m1/s1. The fraction of sp³-hybridized carbons (Fsp3) is 0.353. The molecule has 1 aliphatic heterocycles. The van der Waals surface area contributed by atoms with Gasteiger partial charge in [-0.05, 0) is 74.7 Å². The molecule has 1 fully saturated rings. The topological polar surface area (TPSA) is 80.5 Å². The van der Waals surface area contributed by atoms with Gasteiger partial charge in [0, 0.05) is 48.3 Å². The molecule has 5 rings (SSSR count). The van der Waals surface area contributed by atoms with Gasteiger partial charge < -0.3 is 25.4 Å². The van der Waals surface area contributed by atoms with Gasteiger partial charge in [0.1, 0.15) is 6.04 Å². The fourth-order valence-electron chi connectivity index (χ4n) is 5.96. The number of para-hydroxylation sites is 1. The second-order valence-corrected chi connectivity index (χ2v) is 11.6. The zero-order valence-electron chi connectivity index (χ0n) is 24.5. The van der Waals surface area contributed by atoms with E-state index in [9.17, 15) is 9.59 Å². The predicted molar refractivity (Wildman–Crippen MR) is 166 cm³/mol. The summed E-state index contributed by atoms with van der Waals surface area (Å²) in [5.74, 6) is -0.0460. The number of anilines is 1. The van der Waals surface area contributed by atoms with E-state index in [0.29, 0.717) is 19.0 Å². The number of aromatic amines is 1. The van der Waals surface area contributed by atoms with E-state index in [1.165, 1.54) is 11.1 Å². The summed E-state index contributed by atoms with van der Waals surface area (Å²) in [6, 6.07) is 23.6. The van der Waals surface area contributed by atoms with Crippen molar-refractivity contribution in [1.29, 1.82) is 0 Å². The summed E-state index contributed by atoms with van der Waals surface area (Å²) in [5.41, 5.74) is 6.44. The number of benzene rings is 3. The molecule has 3 aromatic carbocycles. The van der Waals surface area contributed by atoms with E-state index < -0.39 is 6.04 Å². The van der Waals surface area contributed by atoms with Gasteiger partial charge in [-0.3, -0.25) is 4.79 Å². The van der Waals surface area contributed by atoms with Gasteiger partial charge >= 0.3 is 6.03 Å². The largest absolute Gasteiger partial charge is 0.361 e. The minimum absolute atomic E-state index is 0.194. The number of piperidine rings is 1. The molecule has 4 aromatic rings. The number of nitrogens with zero attached hydrogens (tertiary/aromatic N) is 2. The zero-order chi connectivity index (χ0) is 28.9. The van der Waals surface area contributed by atoms with Crippen molar-refractivity contribution in [1.82, 2.24) is 20.1 Å². The number of aromatic nitrogens is 1. The van der Waals surface area contributed by atoms with Crippen molar-refractivity contribution in [3.05, 3.63) is 101 Å². The molecule has 3 N–H and O–H groups in total. The number of fused-ring (bicyclic) bond motifs is 1. The molecule has 2 heterocycles. The molecular formula is C34H41N5O2. The van der Waals surface area contributed by atoms with Crippen LogP contribution in [0.5, 0.6) is 0 Å². The molecule has 0 radical (unpaired) electrons. The van der Waals surface area contributed by atoms with Crippen LogP contribution in [0, 0.1) is 6.92 Å². The number of likely N-dealkylation sites (tertiary alicyclic amines) is 1. The Morgan fingerprint density at radius 3 is 2.51 bits per heavy atom. The summed E-state index contributed by atoms with van der Waals surface area (Å²) in [7, 11) is 4.03. The van der Waals surface area contributed by atoms with Crippen molar-refractivity contribution in [3.63, 3.8) is 0 Å². The SMILES string of the molecule is Cc1cccc(C2CCN(C(=O)N[C@@H](C(=O)Nc3cccc(CN(C)C)c3)[C@H](C)c3c[nH]c4ccccc34)CC2)c1. The molecule has 7 heteroatoms. The molecule has 7 nitrogen and oxygen atoms in total. The Hall–Kier alpha value is -4.10. The summed E-state index contributed by atoms with van der Waals surface area (Å²) < 4.78 is 0. The Morgan fingerprint density at radius 2 is 1.76 bits per heavy atom. The van der Waals surface area contributed by atoms with Crippen LogP contribution < -0.4 is 10.6 Å². The molecule has 1 aromatic heterocycles. The summed E-state index contributed by atoms with van der Waals surface area (Å²) >= 11 is 0. The number of carbonyl (C=O) groups is 2. The molecular weight excluding hydrogens is 510 g/mol. The van der Waals surface area contributed by atoms with Crippen LogP contribution in [0.3, 0.4) is 0 Å². The summed E-state index contributed by atoms with van der Waals surface area (Å²) in [4.78, 5) is 34.7. The van der Waals surface area contributed by atoms with Crippen molar-refractivity contribution < 1.29 is 9.59 Å². The lowest BCUT2D eigenvalue weighted by atomic mass is 9.89. The average Bonchev–Trinajstić information content (AvgIpc) is 3.39. The van der Waals surface area contributed by atoms with Crippen molar-refractivity contribution in [3.8, 4) is 0 Å². The maximum Gasteiger partial charge on any atom is 0.318 e. The molecule has 0 spiro atoms. The minimum atomic E-state index is -0.756. The second kappa shape index (κ2) is 12.6. The number of aryl methyl sites for hydroxylation is 1. The lowest BCUT2D eigenvalue weighted by Gasteiger charge is -2.34. The third kappa shape index (κ3) is 6.80. The van der Waals surface area contributed by atoms with Crippen LogP contribution in [0.2, 0.25) is 0 Å².